The van der Waals surface area contributed by atoms with Crippen molar-refractivity contribution < 1.29 is 5.11 Å². The molecule has 1 N–H and O–H groups in total. The number of benzene rings is 1. The fraction of sp³-hybridized carbons (Fsp3) is 0.571. The largest absolute Gasteiger partial charge is 0.389 e. The Kier molecular flexibility index (Phi) is 4.46. The van der Waals surface area contributed by atoms with Gasteiger partial charge >= 0.3 is 0 Å². The van der Waals surface area contributed by atoms with Gasteiger partial charge in [-0.05, 0) is 24.6 Å². The van der Waals surface area contributed by atoms with Gasteiger partial charge in [-0.2, -0.15) is 11.8 Å². The second-order valence-corrected chi connectivity index (χ2v) is 7.34. The van der Waals surface area contributed by atoms with E-state index in [9.17, 15) is 5.11 Å². The third-order valence-electron chi connectivity index (χ3n) is 3.21. The SMILES string of the molecule is CC1CN(c2ccc(C(C)O)cc2Cl)CC(C)S1. The van der Waals surface area contributed by atoms with E-state index < -0.39 is 6.10 Å². The van der Waals surface area contributed by atoms with Crippen LogP contribution in [0.1, 0.15) is 32.4 Å². The molecule has 1 fully saturated rings. The van der Waals surface area contributed by atoms with Crippen LogP contribution in [0.15, 0.2) is 18.2 Å². The average Bonchev–Trinajstić information content (AvgIpc) is 2.27. The van der Waals surface area contributed by atoms with Gasteiger partial charge in [0.15, 0.2) is 0 Å². The van der Waals surface area contributed by atoms with Gasteiger partial charge < -0.3 is 10.0 Å². The molecule has 0 spiro atoms. The minimum atomic E-state index is -0.466. The number of aliphatic hydroxyl groups excluding tert-OH is 1. The van der Waals surface area contributed by atoms with Crippen LogP contribution in [0.2, 0.25) is 5.02 Å². The fourth-order valence-electron chi connectivity index (χ4n) is 2.41. The molecule has 0 saturated carbocycles. The Morgan fingerprint density at radius 2 is 1.94 bits per heavy atom. The van der Waals surface area contributed by atoms with Crippen molar-refractivity contribution in [2.24, 2.45) is 0 Å². The quantitative estimate of drug-likeness (QED) is 0.896. The molecule has 1 saturated heterocycles. The van der Waals surface area contributed by atoms with Gasteiger partial charge in [-0.3, -0.25) is 0 Å². The Morgan fingerprint density at radius 1 is 1.33 bits per heavy atom. The van der Waals surface area contributed by atoms with Crippen molar-refractivity contribution in [1.82, 2.24) is 0 Å². The first-order valence-corrected chi connectivity index (χ1v) is 7.67. The van der Waals surface area contributed by atoms with Crippen molar-refractivity contribution in [3.05, 3.63) is 28.8 Å². The summed E-state index contributed by atoms with van der Waals surface area (Å²) in [6.07, 6.45) is -0.466. The third-order valence-corrected chi connectivity index (χ3v) is 4.74. The summed E-state index contributed by atoms with van der Waals surface area (Å²) in [4.78, 5) is 2.35. The summed E-state index contributed by atoms with van der Waals surface area (Å²) < 4.78 is 0. The van der Waals surface area contributed by atoms with Crippen LogP contribution in [0, 0.1) is 0 Å². The highest BCUT2D eigenvalue weighted by molar-refractivity contribution is 8.00. The minimum absolute atomic E-state index is 0.466. The highest BCUT2D eigenvalue weighted by Crippen LogP contribution is 2.34. The molecule has 2 rings (SSSR count). The van der Waals surface area contributed by atoms with Crippen LogP contribution < -0.4 is 4.90 Å². The van der Waals surface area contributed by atoms with E-state index in [0.717, 1.165) is 29.4 Å². The molecule has 1 heterocycles. The van der Waals surface area contributed by atoms with Gasteiger partial charge in [0, 0.05) is 23.6 Å². The van der Waals surface area contributed by atoms with Crippen LogP contribution in [0.3, 0.4) is 0 Å². The molecular formula is C14H20ClNOS. The van der Waals surface area contributed by atoms with E-state index in [0.29, 0.717) is 10.5 Å². The maximum Gasteiger partial charge on any atom is 0.0762 e. The molecule has 0 bridgehead atoms. The molecule has 1 aromatic carbocycles. The zero-order valence-electron chi connectivity index (χ0n) is 11.1. The summed E-state index contributed by atoms with van der Waals surface area (Å²) in [6.45, 7) is 8.33. The molecule has 0 aromatic heterocycles. The monoisotopic (exact) mass is 285 g/mol. The number of thioether (sulfide) groups is 1. The van der Waals surface area contributed by atoms with Gasteiger partial charge in [-0.25, -0.2) is 0 Å². The van der Waals surface area contributed by atoms with Crippen molar-refractivity contribution >= 4 is 29.1 Å². The zero-order chi connectivity index (χ0) is 13.3. The normalized spacial score (nSPS) is 26.2. The van der Waals surface area contributed by atoms with Gasteiger partial charge in [0.2, 0.25) is 0 Å². The summed E-state index contributed by atoms with van der Waals surface area (Å²) in [6, 6.07) is 5.86. The topological polar surface area (TPSA) is 23.5 Å². The molecule has 4 heteroatoms. The highest BCUT2D eigenvalue weighted by atomic mass is 35.5. The number of halogens is 1. The number of hydrogen-bond acceptors (Lipinski definition) is 3. The van der Waals surface area contributed by atoms with E-state index in [1.165, 1.54) is 0 Å². The van der Waals surface area contributed by atoms with Crippen molar-refractivity contribution in [3.63, 3.8) is 0 Å². The lowest BCUT2D eigenvalue weighted by atomic mass is 10.1. The summed E-state index contributed by atoms with van der Waals surface area (Å²) >= 11 is 8.37. The lowest BCUT2D eigenvalue weighted by Gasteiger charge is -2.36. The molecule has 0 aliphatic carbocycles. The van der Waals surface area contributed by atoms with Crippen molar-refractivity contribution in [2.45, 2.75) is 37.4 Å². The average molecular weight is 286 g/mol. The van der Waals surface area contributed by atoms with E-state index in [2.05, 4.69) is 18.7 Å². The third kappa shape index (κ3) is 3.14. The van der Waals surface area contributed by atoms with Crippen LogP contribution in [0.5, 0.6) is 0 Å². The number of rotatable bonds is 2. The maximum atomic E-state index is 9.56. The molecule has 3 unspecified atom stereocenters. The van der Waals surface area contributed by atoms with Gasteiger partial charge in [-0.1, -0.05) is 31.5 Å². The lowest BCUT2D eigenvalue weighted by molar-refractivity contribution is 0.199. The molecule has 0 amide bonds. The number of nitrogens with zero attached hydrogens (tertiary/aromatic N) is 1. The van der Waals surface area contributed by atoms with Crippen LogP contribution in [-0.2, 0) is 0 Å². The van der Waals surface area contributed by atoms with Crippen molar-refractivity contribution in [3.8, 4) is 0 Å². The Bertz CT molecular complexity index is 414. The summed E-state index contributed by atoms with van der Waals surface area (Å²) in [7, 11) is 0. The second kappa shape index (κ2) is 5.72. The van der Waals surface area contributed by atoms with E-state index in [-0.39, 0.29) is 0 Å². The van der Waals surface area contributed by atoms with Gasteiger partial charge in [0.25, 0.3) is 0 Å². The van der Waals surface area contributed by atoms with Gasteiger partial charge in [0.1, 0.15) is 0 Å². The summed E-state index contributed by atoms with van der Waals surface area (Å²) in [5.41, 5.74) is 1.95. The Morgan fingerprint density at radius 3 is 2.44 bits per heavy atom. The summed E-state index contributed by atoms with van der Waals surface area (Å²) in [5, 5.41) is 11.5. The minimum Gasteiger partial charge on any atom is -0.389 e. The summed E-state index contributed by atoms with van der Waals surface area (Å²) in [5.74, 6) is 0. The fourth-order valence-corrected chi connectivity index (χ4v) is 4.05. The van der Waals surface area contributed by atoms with Crippen molar-refractivity contribution in [1.29, 1.82) is 0 Å². The highest BCUT2D eigenvalue weighted by Gasteiger charge is 2.23. The van der Waals surface area contributed by atoms with Crippen LogP contribution >= 0.6 is 23.4 Å². The zero-order valence-corrected chi connectivity index (χ0v) is 12.6. The van der Waals surface area contributed by atoms with Gasteiger partial charge in [-0.15, -0.1) is 0 Å². The van der Waals surface area contributed by atoms with Crippen LogP contribution in [0.25, 0.3) is 0 Å². The molecule has 100 valence electrons. The second-order valence-electron chi connectivity index (χ2n) is 5.05. The number of hydrogen-bond donors (Lipinski definition) is 1. The van der Waals surface area contributed by atoms with E-state index >= 15 is 0 Å². The van der Waals surface area contributed by atoms with E-state index in [4.69, 9.17) is 11.6 Å². The first kappa shape index (κ1) is 14.0. The smallest absolute Gasteiger partial charge is 0.0762 e. The Balaban J connectivity index is 2.22. The molecule has 1 aliphatic rings. The molecule has 3 atom stereocenters. The number of aliphatic hydroxyl groups is 1. The molecule has 18 heavy (non-hydrogen) atoms. The van der Waals surface area contributed by atoms with Crippen molar-refractivity contribution in [2.75, 3.05) is 18.0 Å². The first-order chi connectivity index (χ1) is 8.47. The first-order valence-electron chi connectivity index (χ1n) is 6.35. The molecule has 1 aliphatic heterocycles. The predicted octanol–water partition coefficient (Wildman–Crippen LogP) is 3.72. The maximum absolute atomic E-state index is 9.56. The van der Waals surface area contributed by atoms with E-state index in [1.807, 2.05) is 30.0 Å². The lowest BCUT2D eigenvalue weighted by Crippen LogP contribution is -2.40. The van der Waals surface area contributed by atoms with Gasteiger partial charge in [0.05, 0.1) is 16.8 Å². The van der Waals surface area contributed by atoms with E-state index in [1.54, 1.807) is 6.92 Å². The van der Waals surface area contributed by atoms with Crippen LogP contribution in [-0.4, -0.2) is 28.7 Å². The predicted molar refractivity (Wildman–Crippen MR) is 80.8 cm³/mol. The molecule has 2 nitrogen and oxygen atoms in total. The Hall–Kier alpha value is -0.380. The molecular weight excluding hydrogens is 266 g/mol. The number of anilines is 1. The Labute approximate surface area is 118 Å². The molecule has 1 aromatic rings. The molecule has 0 radical (unpaired) electrons. The van der Waals surface area contributed by atoms with Crippen LogP contribution in [0.4, 0.5) is 5.69 Å². The standard InChI is InChI=1S/C14H20ClNOS/c1-9-7-16(8-10(2)18-9)14-5-4-12(11(3)17)6-13(14)15/h4-6,9-11,17H,7-8H2,1-3H3.